The van der Waals surface area contributed by atoms with Gasteiger partial charge >= 0.3 is 0 Å². The summed E-state index contributed by atoms with van der Waals surface area (Å²) < 4.78 is 0. The molecule has 1 unspecified atom stereocenters. The van der Waals surface area contributed by atoms with Crippen molar-refractivity contribution >= 4 is 23.2 Å². The Balaban J connectivity index is 1.91. The van der Waals surface area contributed by atoms with Crippen LogP contribution in [-0.2, 0) is 0 Å². The van der Waals surface area contributed by atoms with Gasteiger partial charge < -0.3 is 11.1 Å². The van der Waals surface area contributed by atoms with Crippen LogP contribution in [0.1, 0.15) is 29.6 Å². The molecule has 0 radical (unpaired) electrons. The van der Waals surface area contributed by atoms with E-state index in [2.05, 4.69) is 17.5 Å². The van der Waals surface area contributed by atoms with Gasteiger partial charge in [0.2, 0.25) is 0 Å². The van der Waals surface area contributed by atoms with E-state index in [0.717, 1.165) is 19.3 Å². The molecule has 0 aliphatic heterocycles. The number of halogens is 1. The van der Waals surface area contributed by atoms with Crippen molar-refractivity contribution in [1.82, 2.24) is 5.32 Å². The van der Waals surface area contributed by atoms with Crippen molar-refractivity contribution < 1.29 is 4.79 Å². The largest absolute Gasteiger partial charge is 0.398 e. The zero-order valence-corrected chi connectivity index (χ0v) is 10.9. The van der Waals surface area contributed by atoms with Crippen molar-refractivity contribution in [1.29, 1.82) is 0 Å². The van der Waals surface area contributed by atoms with Crippen molar-refractivity contribution in [2.24, 2.45) is 5.92 Å². The number of anilines is 1. The number of rotatable bonds is 3. The summed E-state index contributed by atoms with van der Waals surface area (Å²) in [5.74, 6) is 0.453. The molecule has 4 heteroatoms. The second-order valence-electron chi connectivity index (χ2n) is 4.60. The Hall–Kier alpha value is -1.48. The number of allylic oxidation sites excluding steroid dienone is 2. The first-order valence-electron chi connectivity index (χ1n) is 6.15. The zero-order chi connectivity index (χ0) is 13.0. The van der Waals surface area contributed by atoms with Gasteiger partial charge in [0, 0.05) is 12.1 Å². The Labute approximate surface area is 112 Å². The number of nitrogens with one attached hydrogen (secondary N) is 1. The summed E-state index contributed by atoms with van der Waals surface area (Å²) in [4.78, 5) is 11.9. The smallest absolute Gasteiger partial charge is 0.251 e. The Morgan fingerprint density at radius 3 is 2.94 bits per heavy atom. The maximum atomic E-state index is 11.9. The fourth-order valence-electron chi connectivity index (χ4n) is 2.05. The van der Waals surface area contributed by atoms with Crippen molar-refractivity contribution in [3.63, 3.8) is 0 Å². The van der Waals surface area contributed by atoms with Crippen LogP contribution >= 0.6 is 11.6 Å². The SMILES string of the molecule is Nc1ccc(C(=O)NCC2CC=CCC2)cc1Cl. The van der Waals surface area contributed by atoms with Crippen LogP contribution in [0.2, 0.25) is 5.02 Å². The van der Waals surface area contributed by atoms with Crippen LogP contribution < -0.4 is 11.1 Å². The van der Waals surface area contributed by atoms with Crippen LogP contribution in [0.3, 0.4) is 0 Å². The average Bonchev–Trinajstić information content (AvgIpc) is 2.40. The third-order valence-corrected chi connectivity index (χ3v) is 3.52. The Kier molecular flexibility index (Phi) is 4.26. The molecule has 1 aliphatic carbocycles. The lowest BCUT2D eigenvalue weighted by Gasteiger charge is -2.18. The molecule has 1 atom stereocenters. The lowest BCUT2D eigenvalue weighted by Crippen LogP contribution is -2.29. The standard InChI is InChI=1S/C14H17ClN2O/c15-12-8-11(6-7-13(12)16)14(18)17-9-10-4-2-1-3-5-10/h1-2,6-8,10H,3-5,9,16H2,(H,17,18). The van der Waals surface area contributed by atoms with Gasteiger partial charge in [-0.1, -0.05) is 23.8 Å². The molecular formula is C14H17ClN2O. The van der Waals surface area contributed by atoms with Gasteiger partial charge in [-0.25, -0.2) is 0 Å². The number of carbonyl (C=O) groups is 1. The van der Waals surface area contributed by atoms with Gasteiger partial charge in [0.15, 0.2) is 0 Å². The van der Waals surface area contributed by atoms with E-state index in [0.29, 0.717) is 28.7 Å². The number of nitrogen functional groups attached to an aromatic ring is 1. The second kappa shape index (κ2) is 5.91. The Morgan fingerprint density at radius 1 is 1.44 bits per heavy atom. The summed E-state index contributed by atoms with van der Waals surface area (Å²) in [6.07, 6.45) is 7.66. The summed E-state index contributed by atoms with van der Waals surface area (Å²) in [5.41, 5.74) is 6.66. The topological polar surface area (TPSA) is 55.1 Å². The molecule has 1 aliphatic rings. The van der Waals surface area contributed by atoms with Gasteiger partial charge in [0.05, 0.1) is 10.7 Å². The lowest BCUT2D eigenvalue weighted by atomic mass is 9.94. The fraction of sp³-hybridized carbons (Fsp3) is 0.357. The molecule has 18 heavy (non-hydrogen) atoms. The molecule has 1 aromatic carbocycles. The van der Waals surface area contributed by atoms with E-state index in [4.69, 9.17) is 17.3 Å². The summed E-state index contributed by atoms with van der Waals surface area (Å²) >= 11 is 5.89. The Bertz CT molecular complexity index is 471. The molecule has 0 bridgehead atoms. The van der Waals surface area contributed by atoms with E-state index in [1.807, 2.05) is 0 Å². The van der Waals surface area contributed by atoms with Crippen LogP contribution in [0.4, 0.5) is 5.69 Å². The minimum Gasteiger partial charge on any atom is -0.398 e. The maximum Gasteiger partial charge on any atom is 0.251 e. The molecule has 2 rings (SSSR count). The first-order chi connectivity index (χ1) is 8.66. The van der Waals surface area contributed by atoms with E-state index in [1.54, 1.807) is 18.2 Å². The summed E-state index contributed by atoms with van der Waals surface area (Å²) in [6, 6.07) is 4.95. The van der Waals surface area contributed by atoms with Crippen molar-refractivity contribution in [3.05, 3.63) is 40.9 Å². The average molecular weight is 265 g/mol. The molecule has 0 fully saturated rings. The van der Waals surface area contributed by atoms with Gasteiger partial charge in [0.1, 0.15) is 0 Å². The number of hydrogen-bond acceptors (Lipinski definition) is 2. The number of nitrogens with two attached hydrogens (primary N) is 1. The minimum atomic E-state index is -0.0912. The molecule has 0 spiro atoms. The van der Waals surface area contributed by atoms with Crippen molar-refractivity contribution in [2.75, 3.05) is 12.3 Å². The monoisotopic (exact) mass is 264 g/mol. The van der Waals surface area contributed by atoms with E-state index in [-0.39, 0.29) is 5.91 Å². The van der Waals surface area contributed by atoms with Gasteiger partial charge in [0.25, 0.3) is 5.91 Å². The van der Waals surface area contributed by atoms with Crippen LogP contribution in [-0.4, -0.2) is 12.5 Å². The summed E-state index contributed by atoms with van der Waals surface area (Å²) in [6.45, 7) is 0.713. The first kappa shape index (κ1) is 13.0. The highest BCUT2D eigenvalue weighted by atomic mass is 35.5. The minimum absolute atomic E-state index is 0.0912. The third kappa shape index (κ3) is 3.26. The molecular weight excluding hydrogens is 248 g/mol. The first-order valence-corrected chi connectivity index (χ1v) is 6.53. The quantitative estimate of drug-likeness (QED) is 0.651. The molecule has 0 aromatic heterocycles. The van der Waals surface area contributed by atoms with Gasteiger partial charge in [-0.3, -0.25) is 4.79 Å². The number of hydrogen-bond donors (Lipinski definition) is 2. The highest BCUT2D eigenvalue weighted by molar-refractivity contribution is 6.33. The van der Waals surface area contributed by atoms with E-state index in [9.17, 15) is 4.79 Å². The Morgan fingerprint density at radius 2 is 2.28 bits per heavy atom. The van der Waals surface area contributed by atoms with Crippen molar-refractivity contribution in [2.45, 2.75) is 19.3 Å². The van der Waals surface area contributed by atoms with Gasteiger partial charge in [-0.15, -0.1) is 0 Å². The fourth-order valence-corrected chi connectivity index (χ4v) is 2.23. The molecule has 0 saturated carbocycles. The summed E-state index contributed by atoms with van der Waals surface area (Å²) in [7, 11) is 0. The third-order valence-electron chi connectivity index (χ3n) is 3.19. The van der Waals surface area contributed by atoms with Crippen LogP contribution in [0, 0.1) is 5.92 Å². The maximum absolute atomic E-state index is 11.9. The summed E-state index contributed by atoms with van der Waals surface area (Å²) in [5, 5.41) is 3.36. The highest BCUT2D eigenvalue weighted by Gasteiger charge is 2.12. The molecule has 0 heterocycles. The van der Waals surface area contributed by atoms with Crippen LogP contribution in [0.25, 0.3) is 0 Å². The van der Waals surface area contributed by atoms with Gasteiger partial charge in [-0.05, 0) is 43.4 Å². The zero-order valence-electron chi connectivity index (χ0n) is 10.2. The predicted molar refractivity (Wildman–Crippen MR) is 74.7 cm³/mol. The van der Waals surface area contributed by atoms with Crippen molar-refractivity contribution in [3.8, 4) is 0 Å². The molecule has 96 valence electrons. The van der Waals surface area contributed by atoms with E-state index >= 15 is 0 Å². The number of amides is 1. The van der Waals surface area contributed by atoms with Crippen LogP contribution in [0.5, 0.6) is 0 Å². The highest BCUT2D eigenvalue weighted by Crippen LogP contribution is 2.20. The van der Waals surface area contributed by atoms with E-state index in [1.165, 1.54) is 0 Å². The molecule has 0 saturated heterocycles. The normalized spacial score (nSPS) is 18.6. The van der Waals surface area contributed by atoms with E-state index < -0.39 is 0 Å². The van der Waals surface area contributed by atoms with Gasteiger partial charge in [-0.2, -0.15) is 0 Å². The molecule has 1 amide bonds. The lowest BCUT2D eigenvalue weighted by molar-refractivity contribution is 0.0946. The van der Waals surface area contributed by atoms with Crippen LogP contribution in [0.15, 0.2) is 30.4 Å². The number of benzene rings is 1. The molecule has 1 aromatic rings. The molecule has 3 nitrogen and oxygen atoms in total. The molecule has 3 N–H and O–H groups in total. The second-order valence-corrected chi connectivity index (χ2v) is 5.00. The predicted octanol–water partition coefficient (Wildman–Crippen LogP) is 3.01. The number of carbonyl (C=O) groups excluding carboxylic acids is 1.